The molecule has 4 bridgehead atoms. The topological polar surface area (TPSA) is 91.6 Å². The zero-order chi connectivity index (χ0) is 24.9. The predicted molar refractivity (Wildman–Crippen MR) is 140 cm³/mol. The van der Waals surface area contributed by atoms with Gasteiger partial charge in [0.1, 0.15) is 0 Å². The van der Waals surface area contributed by atoms with Crippen LogP contribution in [0.3, 0.4) is 0 Å². The predicted octanol–water partition coefficient (Wildman–Crippen LogP) is 3.47. The highest BCUT2D eigenvalue weighted by Gasteiger charge is 2.51. The van der Waals surface area contributed by atoms with Crippen molar-refractivity contribution in [2.75, 3.05) is 13.7 Å². The van der Waals surface area contributed by atoms with E-state index in [2.05, 4.69) is 29.4 Å². The number of hydrogen-bond donors (Lipinski definition) is 1. The van der Waals surface area contributed by atoms with Gasteiger partial charge in [-0.3, -0.25) is 9.59 Å². The number of nitrogens with two attached hydrogens (primary N) is 1. The highest BCUT2D eigenvalue weighted by Crippen LogP contribution is 2.60. The fraction of sp³-hybridized carbons (Fsp3) is 0.483. The highest BCUT2D eigenvalue weighted by atomic mass is 16.5. The van der Waals surface area contributed by atoms with Crippen LogP contribution in [0.5, 0.6) is 0 Å². The van der Waals surface area contributed by atoms with Crippen molar-refractivity contribution in [3.8, 4) is 11.1 Å². The average molecular weight is 487 g/mol. The highest BCUT2D eigenvalue weighted by molar-refractivity contribution is 5.80. The molecule has 1 aromatic carbocycles. The van der Waals surface area contributed by atoms with E-state index in [-0.39, 0.29) is 16.3 Å². The summed E-state index contributed by atoms with van der Waals surface area (Å²) in [5.41, 5.74) is 3.63. The van der Waals surface area contributed by atoms with Gasteiger partial charge in [-0.1, -0.05) is 30.3 Å². The first-order chi connectivity index (χ1) is 17.5. The van der Waals surface area contributed by atoms with Crippen molar-refractivity contribution < 1.29 is 4.74 Å². The molecule has 0 radical (unpaired) electrons. The van der Waals surface area contributed by atoms with Gasteiger partial charge in [-0.2, -0.15) is 5.10 Å². The Balaban J connectivity index is 0.000000346. The first-order valence-electron chi connectivity index (χ1n) is 13.1. The molecule has 6 aliphatic carbocycles. The molecule has 0 spiro atoms. The summed E-state index contributed by atoms with van der Waals surface area (Å²) in [5.74, 6) is 7.93. The largest absolute Gasteiger partial charge is 0.383 e. The molecule has 0 unspecified atom stereocenters. The Labute approximate surface area is 210 Å². The maximum absolute atomic E-state index is 13.5. The summed E-state index contributed by atoms with van der Waals surface area (Å²) in [6.45, 7) is 1.34. The lowest BCUT2D eigenvalue weighted by Crippen LogP contribution is -2.51. The summed E-state index contributed by atoms with van der Waals surface area (Å²) in [4.78, 5) is 26.7. The Morgan fingerprint density at radius 3 is 1.92 bits per heavy atom. The number of fused-ring (bicyclic) bond motifs is 2. The van der Waals surface area contributed by atoms with Crippen LogP contribution in [0.4, 0.5) is 0 Å². The number of rotatable bonds is 5. The molecular weight excluding hydrogens is 452 g/mol. The van der Waals surface area contributed by atoms with Crippen molar-refractivity contribution in [1.29, 1.82) is 0 Å². The molecular formula is C29H34N4O3. The van der Waals surface area contributed by atoms with Gasteiger partial charge in [-0.15, -0.1) is 0 Å². The van der Waals surface area contributed by atoms with E-state index in [0.29, 0.717) is 19.7 Å². The van der Waals surface area contributed by atoms with Crippen LogP contribution in [0.1, 0.15) is 38.5 Å². The molecule has 188 valence electrons. The molecule has 4 fully saturated rings. The van der Waals surface area contributed by atoms with Gasteiger partial charge in [0, 0.05) is 20.2 Å². The Kier molecular flexibility index (Phi) is 5.83. The van der Waals surface area contributed by atoms with Gasteiger partial charge in [0.2, 0.25) is 5.36 Å². The molecule has 1 aromatic heterocycles. The van der Waals surface area contributed by atoms with Crippen LogP contribution in [-0.4, -0.2) is 22.9 Å². The van der Waals surface area contributed by atoms with E-state index < -0.39 is 5.56 Å². The van der Waals surface area contributed by atoms with Crippen LogP contribution in [0, 0.1) is 23.2 Å². The molecule has 7 nitrogen and oxygen atoms in total. The van der Waals surface area contributed by atoms with Gasteiger partial charge < -0.3 is 19.7 Å². The van der Waals surface area contributed by atoms with E-state index in [1.165, 1.54) is 49.7 Å². The lowest BCUT2D eigenvalue weighted by molar-refractivity contribution is -0.0617. The number of hydrogen-bond acceptors (Lipinski definition) is 5. The van der Waals surface area contributed by atoms with Gasteiger partial charge in [-0.05, 0) is 91.0 Å². The SMILES string of the molecule is COCCn1c(=O)c(=NN)c(=O)n(CC23CC4CC(CC(C4)C2)C3)c2ccccc21.c1cc2cc-2c1. The summed E-state index contributed by atoms with van der Waals surface area (Å²) in [6.07, 6.45) is 7.60. The summed E-state index contributed by atoms with van der Waals surface area (Å²) < 4.78 is 8.56. The number of benzene rings is 2. The first-order valence-corrected chi connectivity index (χ1v) is 13.1. The second-order valence-corrected chi connectivity index (χ2v) is 11.3. The van der Waals surface area contributed by atoms with Crippen LogP contribution in [0.2, 0.25) is 0 Å². The average Bonchev–Trinajstić information content (AvgIpc) is 3.48. The molecule has 0 amide bonds. The normalized spacial score (nSPS) is 27.1. The monoisotopic (exact) mass is 486 g/mol. The zero-order valence-corrected chi connectivity index (χ0v) is 20.9. The fourth-order valence-corrected chi connectivity index (χ4v) is 7.65. The van der Waals surface area contributed by atoms with Gasteiger partial charge in [0.25, 0.3) is 11.1 Å². The van der Waals surface area contributed by atoms with Crippen molar-refractivity contribution in [2.24, 2.45) is 34.1 Å². The molecule has 0 atom stereocenters. The third-order valence-electron chi connectivity index (χ3n) is 8.78. The fourth-order valence-electron chi connectivity index (χ4n) is 7.65. The molecule has 7 heteroatoms. The van der Waals surface area contributed by atoms with Crippen LogP contribution in [0.15, 0.2) is 63.2 Å². The van der Waals surface area contributed by atoms with E-state index in [0.717, 1.165) is 28.8 Å². The van der Waals surface area contributed by atoms with Crippen molar-refractivity contribution in [3.63, 3.8) is 0 Å². The minimum Gasteiger partial charge on any atom is -0.383 e. The molecule has 0 saturated heterocycles. The van der Waals surface area contributed by atoms with Crippen molar-refractivity contribution >= 4 is 11.0 Å². The van der Waals surface area contributed by atoms with Gasteiger partial charge in [0.05, 0.1) is 17.6 Å². The molecule has 4 saturated carbocycles. The van der Waals surface area contributed by atoms with Gasteiger partial charge in [0.15, 0.2) is 0 Å². The number of aromatic nitrogens is 2. The standard InChI is InChI=1S/C23H30N4O3.C6H4/c1-30-7-6-26-18-4-2-3-5-19(18)27(22(29)20(25-24)21(26)28)14-23-11-15-8-16(12-23)10-17(9-15)13-23;1-2-5-4-6(5)3-1/h2-5,15-17H,6-14,24H2,1H3;1-4H. The number of ether oxygens (including phenoxy) is 1. The summed E-state index contributed by atoms with van der Waals surface area (Å²) in [6, 6.07) is 16.1. The van der Waals surface area contributed by atoms with Crippen molar-refractivity contribution in [1.82, 2.24) is 9.13 Å². The van der Waals surface area contributed by atoms with Crippen molar-refractivity contribution in [3.05, 3.63) is 74.6 Å². The van der Waals surface area contributed by atoms with E-state index in [1.54, 1.807) is 16.2 Å². The van der Waals surface area contributed by atoms with Gasteiger partial charge in [-0.25, -0.2) is 0 Å². The van der Waals surface area contributed by atoms with Gasteiger partial charge >= 0.3 is 0 Å². The Morgan fingerprint density at radius 2 is 1.44 bits per heavy atom. The van der Waals surface area contributed by atoms with Crippen LogP contribution in [-0.2, 0) is 17.8 Å². The second-order valence-electron chi connectivity index (χ2n) is 11.3. The number of methoxy groups -OCH3 is 1. The summed E-state index contributed by atoms with van der Waals surface area (Å²) in [5, 5.41) is 3.45. The lowest BCUT2D eigenvalue weighted by atomic mass is 9.49. The van der Waals surface area contributed by atoms with Crippen LogP contribution < -0.4 is 22.3 Å². The maximum Gasteiger partial charge on any atom is 0.284 e. The smallest absolute Gasteiger partial charge is 0.284 e. The minimum absolute atomic E-state index is 0.141. The molecule has 8 rings (SSSR count). The van der Waals surface area contributed by atoms with E-state index >= 15 is 0 Å². The summed E-state index contributed by atoms with van der Waals surface area (Å²) in [7, 11) is 1.59. The lowest BCUT2D eigenvalue weighted by Gasteiger charge is -2.57. The zero-order valence-electron chi connectivity index (χ0n) is 20.9. The molecule has 1 heterocycles. The molecule has 0 aliphatic heterocycles. The van der Waals surface area contributed by atoms with Crippen molar-refractivity contribution in [2.45, 2.75) is 51.6 Å². The van der Waals surface area contributed by atoms with Crippen LogP contribution >= 0.6 is 0 Å². The van der Waals surface area contributed by atoms with E-state index in [9.17, 15) is 9.59 Å². The van der Waals surface area contributed by atoms with E-state index in [1.807, 2.05) is 24.3 Å². The number of para-hydroxylation sites is 2. The summed E-state index contributed by atoms with van der Waals surface area (Å²) >= 11 is 0. The quantitative estimate of drug-likeness (QED) is 0.345. The third-order valence-corrected chi connectivity index (χ3v) is 8.78. The molecule has 2 N–H and O–H groups in total. The van der Waals surface area contributed by atoms with Crippen LogP contribution in [0.25, 0.3) is 22.2 Å². The maximum atomic E-state index is 13.5. The molecule has 36 heavy (non-hydrogen) atoms. The third kappa shape index (κ3) is 4.09. The Morgan fingerprint density at radius 1 is 0.889 bits per heavy atom. The molecule has 6 aliphatic rings. The Bertz CT molecular complexity index is 1450. The number of nitrogens with zero attached hydrogens (tertiary/aromatic N) is 3. The second kappa shape index (κ2) is 9.04. The van der Waals surface area contributed by atoms with E-state index in [4.69, 9.17) is 10.6 Å². The minimum atomic E-state index is -0.458. The Hall–Kier alpha value is -3.19. The first kappa shape index (κ1) is 23.2. The molecule has 2 aromatic rings.